The molecule has 2 heteroatoms. The number of nitrogens with two attached hydrogens (primary N) is 1. The summed E-state index contributed by atoms with van der Waals surface area (Å²) in [5.74, 6) is 0. The van der Waals surface area contributed by atoms with Crippen LogP contribution in [0, 0.1) is 13.8 Å². The minimum atomic E-state index is 0. The molecule has 0 unspecified atom stereocenters. The Morgan fingerprint density at radius 3 is 2.07 bits per heavy atom. The fourth-order valence-electron chi connectivity index (χ4n) is 1.70. The van der Waals surface area contributed by atoms with Gasteiger partial charge in [0, 0.05) is 6.04 Å². The van der Waals surface area contributed by atoms with Gasteiger partial charge < -0.3 is 5.73 Å². The molecule has 1 rings (SSSR count). The molecule has 0 saturated carbocycles. The van der Waals surface area contributed by atoms with Gasteiger partial charge in [-0.1, -0.05) is 42.7 Å². The van der Waals surface area contributed by atoms with E-state index in [0.717, 1.165) is 12.8 Å². The van der Waals surface area contributed by atoms with Gasteiger partial charge in [0.1, 0.15) is 0 Å². The highest BCUT2D eigenvalue weighted by atomic mass is 35.5. The highest BCUT2D eigenvalue weighted by Crippen LogP contribution is 2.18. The summed E-state index contributed by atoms with van der Waals surface area (Å²) >= 11 is 0. The van der Waals surface area contributed by atoms with Crippen molar-refractivity contribution >= 4 is 12.4 Å². The topological polar surface area (TPSA) is 26.0 Å². The van der Waals surface area contributed by atoms with E-state index in [-0.39, 0.29) is 18.4 Å². The molecule has 0 saturated heterocycles. The second-order valence-electron chi connectivity index (χ2n) is 3.82. The summed E-state index contributed by atoms with van der Waals surface area (Å²) in [7, 11) is 0. The minimum Gasteiger partial charge on any atom is -0.324 e. The lowest BCUT2D eigenvalue weighted by Crippen LogP contribution is -2.10. The van der Waals surface area contributed by atoms with Gasteiger partial charge in [0.25, 0.3) is 0 Å². The van der Waals surface area contributed by atoms with Gasteiger partial charge in [-0.3, -0.25) is 0 Å². The summed E-state index contributed by atoms with van der Waals surface area (Å²) in [6.07, 6.45) is 2.22. The molecular weight excluding hydrogens is 194 g/mol. The van der Waals surface area contributed by atoms with E-state index in [1.807, 2.05) is 0 Å². The van der Waals surface area contributed by atoms with Crippen LogP contribution in [0.4, 0.5) is 0 Å². The fraction of sp³-hybridized carbons (Fsp3) is 0.500. The van der Waals surface area contributed by atoms with E-state index in [1.165, 1.54) is 16.7 Å². The first kappa shape index (κ1) is 13.5. The van der Waals surface area contributed by atoms with Crippen LogP contribution in [0.1, 0.15) is 42.5 Å². The Hall–Kier alpha value is -0.530. The summed E-state index contributed by atoms with van der Waals surface area (Å²) in [4.78, 5) is 0. The van der Waals surface area contributed by atoms with Crippen LogP contribution in [0.15, 0.2) is 18.2 Å². The maximum absolute atomic E-state index is 6.04. The van der Waals surface area contributed by atoms with Gasteiger partial charge in [-0.05, 0) is 25.8 Å². The van der Waals surface area contributed by atoms with E-state index in [1.54, 1.807) is 0 Å². The first-order valence-corrected chi connectivity index (χ1v) is 4.97. The summed E-state index contributed by atoms with van der Waals surface area (Å²) in [5.41, 5.74) is 9.93. The SMILES string of the molecule is CCC[C@@H](N)c1cc(C)cc(C)c1.Cl. The molecular formula is C12H20ClN. The third kappa shape index (κ3) is 3.69. The van der Waals surface area contributed by atoms with Crippen molar-refractivity contribution in [3.8, 4) is 0 Å². The average molecular weight is 214 g/mol. The Labute approximate surface area is 93.1 Å². The fourth-order valence-corrected chi connectivity index (χ4v) is 1.70. The Morgan fingerprint density at radius 2 is 1.64 bits per heavy atom. The van der Waals surface area contributed by atoms with Crippen LogP contribution in [-0.4, -0.2) is 0 Å². The third-order valence-corrected chi connectivity index (χ3v) is 2.27. The highest BCUT2D eigenvalue weighted by Gasteiger charge is 2.04. The van der Waals surface area contributed by atoms with Gasteiger partial charge in [0.05, 0.1) is 0 Å². The number of aryl methyl sites for hydroxylation is 2. The zero-order valence-electron chi connectivity index (χ0n) is 9.21. The Balaban J connectivity index is 0.00000169. The van der Waals surface area contributed by atoms with Crippen LogP contribution in [0.25, 0.3) is 0 Å². The molecule has 0 aliphatic rings. The van der Waals surface area contributed by atoms with E-state index in [4.69, 9.17) is 5.73 Å². The predicted molar refractivity (Wildman–Crippen MR) is 65.0 cm³/mol. The van der Waals surface area contributed by atoms with Crippen molar-refractivity contribution in [3.63, 3.8) is 0 Å². The number of hydrogen-bond acceptors (Lipinski definition) is 1. The molecule has 0 heterocycles. The minimum absolute atomic E-state index is 0. The normalized spacial score (nSPS) is 12.0. The molecule has 0 radical (unpaired) electrons. The number of rotatable bonds is 3. The van der Waals surface area contributed by atoms with E-state index in [0.29, 0.717) is 0 Å². The molecule has 0 aliphatic heterocycles. The summed E-state index contributed by atoms with van der Waals surface area (Å²) < 4.78 is 0. The second-order valence-corrected chi connectivity index (χ2v) is 3.82. The molecule has 0 spiro atoms. The number of halogens is 1. The smallest absolute Gasteiger partial charge is 0.0294 e. The standard InChI is InChI=1S/C12H19N.ClH/c1-4-5-12(13)11-7-9(2)6-10(3)8-11;/h6-8,12H,4-5,13H2,1-3H3;1H/t12-;/m1./s1. The van der Waals surface area contributed by atoms with Gasteiger partial charge in [0.15, 0.2) is 0 Å². The van der Waals surface area contributed by atoms with Gasteiger partial charge in [-0.2, -0.15) is 0 Å². The molecule has 2 N–H and O–H groups in total. The quantitative estimate of drug-likeness (QED) is 0.817. The lowest BCUT2D eigenvalue weighted by atomic mass is 9.99. The van der Waals surface area contributed by atoms with Crippen molar-refractivity contribution < 1.29 is 0 Å². The van der Waals surface area contributed by atoms with E-state index in [9.17, 15) is 0 Å². The number of benzene rings is 1. The summed E-state index contributed by atoms with van der Waals surface area (Å²) in [6.45, 7) is 6.41. The first-order valence-electron chi connectivity index (χ1n) is 4.97. The van der Waals surface area contributed by atoms with Crippen LogP contribution in [0.5, 0.6) is 0 Å². The monoisotopic (exact) mass is 213 g/mol. The third-order valence-electron chi connectivity index (χ3n) is 2.27. The zero-order valence-corrected chi connectivity index (χ0v) is 10.0. The van der Waals surface area contributed by atoms with Crippen molar-refractivity contribution in [2.24, 2.45) is 5.73 Å². The maximum atomic E-state index is 6.04. The Bertz CT molecular complexity index is 263. The van der Waals surface area contributed by atoms with Crippen molar-refractivity contribution in [1.29, 1.82) is 0 Å². The molecule has 1 aromatic carbocycles. The number of hydrogen-bond donors (Lipinski definition) is 1. The van der Waals surface area contributed by atoms with Crippen LogP contribution in [0.2, 0.25) is 0 Å². The van der Waals surface area contributed by atoms with E-state index >= 15 is 0 Å². The molecule has 0 aliphatic carbocycles. The molecule has 14 heavy (non-hydrogen) atoms. The summed E-state index contributed by atoms with van der Waals surface area (Å²) in [5, 5.41) is 0. The van der Waals surface area contributed by atoms with Crippen LogP contribution in [-0.2, 0) is 0 Å². The van der Waals surface area contributed by atoms with Crippen LogP contribution >= 0.6 is 12.4 Å². The zero-order chi connectivity index (χ0) is 9.84. The Kier molecular flexibility index (Phi) is 5.82. The lowest BCUT2D eigenvalue weighted by molar-refractivity contribution is 0.637. The molecule has 80 valence electrons. The van der Waals surface area contributed by atoms with Gasteiger partial charge in [-0.15, -0.1) is 12.4 Å². The largest absolute Gasteiger partial charge is 0.324 e. The molecule has 1 nitrogen and oxygen atoms in total. The maximum Gasteiger partial charge on any atom is 0.0294 e. The molecule has 1 aromatic rings. The van der Waals surface area contributed by atoms with Gasteiger partial charge in [-0.25, -0.2) is 0 Å². The molecule has 0 aromatic heterocycles. The molecule has 0 fully saturated rings. The van der Waals surface area contributed by atoms with Crippen molar-refractivity contribution in [2.75, 3.05) is 0 Å². The first-order chi connectivity index (χ1) is 6.13. The van der Waals surface area contributed by atoms with Crippen molar-refractivity contribution in [1.82, 2.24) is 0 Å². The van der Waals surface area contributed by atoms with Crippen LogP contribution < -0.4 is 5.73 Å². The van der Waals surface area contributed by atoms with Crippen molar-refractivity contribution in [2.45, 2.75) is 39.7 Å². The molecule has 0 bridgehead atoms. The van der Waals surface area contributed by atoms with Crippen molar-refractivity contribution in [3.05, 3.63) is 34.9 Å². The molecule has 0 amide bonds. The van der Waals surface area contributed by atoms with Crippen LogP contribution in [0.3, 0.4) is 0 Å². The van der Waals surface area contributed by atoms with E-state index < -0.39 is 0 Å². The Morgan fingerprint density at radius 1 is 1.14 bits per heavy atom. The lowest BCUT2D eigenvalue weighted by Gasteiger charge is -2.12. The molecule has 1 atom stereocenters. The summed E-state index contributed by atoms with van der Waals surface area (Å²) in [6, 6.07) is 6.77. The highest BCUT2D eigenvalue weighted by molar-refractivity contribution is 5.85. The average Bonchev–Trinajstić information content (AvgIpc) is 2.03. The van der Waals surface area contributed by atoms with Gasteiger partial charge >= 0.3 is 0 Å². The second kappa shape index (κ2) is 6.05. The predicted octanol–water partition coefficient (Wildman–Crippen LogP) is 3.53. The van der Waals surface area contributed by atoms with Gasteiger partial charge in [0.2, 0.25) is 0 Å². The van der Waals surface area contributed by atoms with E-state index in [2.05, 4.69) is 39.0 Å².